The van der Waals surface area contributed by atoms with Crippen molar-refractivity contribution in [1.82, 2.24) is 0 Å². The molecule has 0 fully saturated rings. The van der Waals surface area contributed by atoms with Gasteiger partial charge in [0.1, 0.15) is 11.5 Å². The number of hydrogen-bond acceptors (Lipinski definition) is 8. The molecule has 0 saturated carbocycles. The molecule has 9 heteroatoms. The van der Waals surface area contributed by atoms with E-state index in [1.807, 2.05) is 36.4 Å². The second-order valence-electron chi connectivity index (χ2n) is 13.8. The molecule has 3 rings (SSSR count). The molecule has 3 aromatic carbocycles. The first-order valence-corrected chi connectivity index (χ1v) is 16.6. The van der Waals surface area contributed by atoms with Gasteiger partial charge in [0.05, 0.1) is 11.4 Å². The Hall–Kier alpha value is -3.95. The number of carboxylic acid groups (broad SMARTS) is 2. The molecule has 2 N–H and O–H groups in total. The summed E-state index contributed by atoms with van der Waals surface area (Å²) in [5.74, 6) is 0.421. The molecule has 0 unspecified atom stereocenters. The minimum Gasteiger partial charge on any atom is -0.550 e. The summed E-state index contributed by atoms with van der Waals surface area (Å²) in [5.41, 5.74) is 7.39. The Morgan fingerprint density at radius 2 is 0.918 bits per heavy atom. The average molecular weight is 718 g/mol. The molecule has 0 aliphatic carbocycles. The summed E-state index contributed by atoms with van der Waals surface area (Å²) in [4.78, 5) is 27.2. The van der Waals surface area contributed by atoms with Crippen LogP contribution in [0, 0.1) is 23.7 Å². The summed E-state index contributed by atoms with van der Waals surface area (Å²) in [7, 11) is 0. The maximum Gasteiger partial charge on any atom is 2.00 e. The van der Waals surface area contributed by atoms with Gasteiger partial charge in [0.25, 0.3) is 0 Å². The Morgan fingerprint density at radius 1 is 0.612 bits per heavy atom. The number of carbonyl (C=O) groups excluding carboxylic acids is 2. The first-order valence-electron chi connectivity index (χ1n) is 16.6. The first kappa shape index (κ1) is 45.0. The van der Waals surface area contributed by atoms with E-state index in [1.165, 1.54) is 11.1 Å². The molecule has 0 aliphatic rings. The molecular weight excluding hydrogens is 663 g/mol. The van der Waals surface area contributed by atoms with Crippen LogP contribution < -0.4 is 10.2 Å². The van der Waals surface area contributed by atoms with Gasteiger partial charge in [-0.3, -0.25) is 9.98 Å². The third-order valence-electron chi connectivity index (χ3n) is 6.64. The standard InChI is InChI=1S/C36H48N2O2.2C2H4O2.Co/c1-23(2)12-27-16-29(14-25(5)6)35(39)31(18-27)21-37-33-10-9-11-34(20-33)38-22-32-19-28(13-24(3)4)17-30(36(32)40)15-26(7)8;2*1-2(3)4;/h9-11,16-26,39-40H,12-15H2,1-8H3;2*1H3,(H,3,4);/q;;;+2/p-2. The van der Waals surface area contributed by atoms with Gasteiger partial charge < -0.3 is 30.0 Å². The van der Waals surface area contributed by atoms with Gasteiger partial charge >= 0.3 is 16.8 Å². The normalized spacial score (nSPS) is 11.1. The minimum atomic E-state index is -1.08. The SMILES string of the molecule is CC(=O)[O-].CC(=O)[O-].CC(C)Cc1cc(C=Nc2cccc(N=Cc3cc(CC(C)C)cc(CC(C)C)c3O)c2)c(O)c(CC(C)C)c1.[Co+2]. The predicted octanol–water partition coefficient (Wildman–Crippen LogP) is 6.90. The maximum absolute atomic E-state index is 11.0. The molecule has 0 aliphatic heterocycles. The van der Waals surface area contributed by atoms with Gasteiger partial charge in [0.2, 0.25) is 0 Å². The number of hydrogen-bond donors (Lipinski definition) is 2. The summed E-state index contributed by atoms with van der Waals surface area (Å²) in [6, 6.07) is 16.1. The molecule has 0 spiro atoms. The fraction of sp³-hybridized carbons (Fsp3) is 0.450. The first-order chi connectivity index (χ1) is 22.4. The van der Waals surface area contributed by atoms with Crippen LogP contribution in [0.2, 0.25) is 0 Å². The molecular formula is C40H54CoN2O6. The van der Waals surface area contributed by atoms with Crippen molar-refractivity contribution in [2.24, 2.45) is 33.7 Å². The van der Waals surface area contributed by atoms with E-state index in [4.69, 9.17) is 29.8 Å². The Balaban J connectivity index is 0.00000230. The molecule has 0 aromatic heterocycles. The van der Waals surface area contributed by atoms with E-state index in [0.717, 1.165) is 73.2 Å². The molecule has 269 valence electrons. The van der Waals surface area contributed by atoms with Crippen LogP contribution >= 0.6 is 0 Å². The monoisotopic (exact) mass is 717 g/mol. The van der Waals surface area contributed by atoms with E-state index in [2.05, 4.69) is 67.5 Å². The number of nitrogens with zero attached hydrogens (tertiary/aromatic N) is 2. The molecule has 0 amide bonds. The van der Waals surface area contributed by atoms with Crippen LogP contribution in [0.25, 0.3) is 0 Å². The van der Waals surface area contributed by atoms with Crippen molar-refractivity contribution in [3.8, 4) is 11.5 Å². The van der Waals surface area contributed by atoms with Gasteiger partial charge in [-0.25, -0.2) is 0 Å². The van der Waals surface area contributed by atoms with Gasteiger partial charge in [0, 0.05) is 35.5 Å². The van der Waals surface area contributed by atoms with E-state index in [9.17, 15) is 10.2 Å². The van der Waals surface area contributed by atoms with Crippen molar-refractivity contribution in [3.63, 3.8) is 0 Å². The zero-order valence-corrected chi connectivity index (χ0v) is 31.7. The summed E-state index contributed by atoms with van der Waals surface area (Å²) in [6.45, 7) is 19.4. The summed E-state index contributed by atoms with van der Waals surface area (Å²) >= 11 is 0. The van der Waals surface area contributed by atoms with Gasteiger partial charge in [-0.05, 0) is 116 Å². The molecule has 0 atom stereocenters. The molecule has 0 bridgehead atoms. The van der Waals surface area contributed by atoms with Crippen molar-refractivity contribution < 1.29 is 46.8 Å². The van der Waals surface area contributed by atoms with E-state index in [-0.39, 0.29) is 16.8 Å². The Bertz CT molecular complexity index is 1430. The Morgan fingerprint density at radius 3 is 1.20 bits per heavy atom. The van der Waals surface area contributed by atoms with Crippen molar-refractivity contribution in [2.45, 2.75) is 94.9 Å². The predicted molar refractivity (Wildman–Crippen MR) is 193 cm³/mol. The van der Waals surface area contributed by atoms with E-state index in [0.29, 0.717) is 35.2 Å². The van der Waals surface area contributed by atoms with Crippen LogP contribution in [0.4, 0.5) is 11.4 Å². The molecule has 49 heavy (non-hydrogen) atoms. The number of carboxylic acids is 2. The van der Waals surface area contributed by atoms with Crippen LogP contribution in [0.3, 0.4) is 0 Å². The zero-order chi connectivity index (χ0) is 36.6. The number of phenolic OH excluding ortho intramolecular Hbond substituents is 2. The number of benzene rings is 3. The number of carbonyl (C=O) groups is 2. The summed E-state index contributed by atoms with van der Waals surface area (Å²) in [6.07, 6.45) is 7.08. The van der Waals surface area contributed by atoms with Crippen LogP contribution in [0.1, 0.15) is 103 Å². The van der Waals surface area contributed by atoms with Crippen molar-refractivity contribution in [1.29, 1.82) is 0 Å². The fourth-order valence-corrected chi connectivity index (χ4v) is 5.08. The van der Waals surface area contributed by atoms with Gasteiger partial charge in [-0.15, -0.1) is 0 Å². The van der Waals surface area contributed by atoms with Crippen molar-refractivity contribution >= 4 is 35.7 Å². The van der Waals surface area contributed by atoms with Crippen LogP contribution in [-0.2, 0) is 52.1 Å². The Labute approximate surface area is 303 Å². The Kier molecular flexibility index (Phi) is 20.8. The van der Waals surface area contributed by atoms with Crippen LogP contribution in [0.5, 0.6) is 11.5 Å². The number of aliphatic carboxylic acids is 2. The third-order valence-corrected chi connectivity index (χ3v) is 6.64. The molecule has 1 radical (unpaired) electrons. The van der Waals surface area contributed by atoms with Crippen molar-refractivity contribution in [3.05, 3.63) is 81.9 Å². The average Bonchev–Trinajstić information content (AvgIpc) is 2.93. The minimum absolute atomic E-state index is 0. The van der Waals surface area contributed by atoms with Gasteiger partial charge in [-0.1, -0.05) is 73.6 Å². The fourth-order valence-electron chi connectivity index (χ4n) is 5.08. The van der Waals surface area contributed by atoms with E-state index in [1.54, 1.807) is 12.4 Å². The van der Waals surface area contributed by atoms with Crippen molar-refractivity contribution in [2.75, 3.05) is 0 Å². The smallest absolute Gasteiger partial charge is 0.550 e. The van der Waals surface area contributed by atoms with E-state index < -0.39 is 11.9 Å². The second-order valence-corrected chi connectivity index (χ2v) is 13.8. The van der Waals surface area contributed by atoms with Gasteiger partial charge in [-0.2, -0.15) is 0 Å². The molecule has 0 saturated heterocycles. The molecule has 8 nitrogen and oxygen atoms in total. The zero-order valence-electron chi connectivity index (χ0n) is 30.7. The number of aliphatic imine (C=N–C) groups is 2. The number of aromatic hydroxyl groups is 2. The van der Waals surface area contributed by atoms with Crippen LogP contribution in [0.15, 0.2) is 58.5 Å². The van der Waals surface area contributed by atoms with Crippen LogP contribution in [-0.4, -0.2) is 34.6 Å². The second kappa shape index (κ2) is 22.6. The summed E-state index contributed by atoms with van der Waals surface area (Å²) < 4.78 is 0. The number of rotatable bonds is 12. The quantitative estimate of drug-likeness (QED) is 0.195. The van der Waals surface area contributed by atoms with E-state index >= 15 is 0 Å². The largest absolute Gasteiger partial charge is 2.00 e. The molecule has 3 aromatic rings. The topological polar surface area (TPSA) is 145 Å². The maximum atomic E-state index is 11.0. The molecule has 0 heterocycles. The third kappa shape index (κ3) is 19.0. The summed E-state index contributed by atoms with van der Waals surface area (Å²) in [5, 5.41) is 39.7. The van der Waals surface area contributed by atoms with Gasteiger partial charge in [0.15, 0.2) is 0 Å². The number of phenols is 2.